The summed E-state index contributed by atoms with van der Waals surface area (Å²) >= 11 is 0. The fourth-order valence-corrected chi connectivity index (χ4v) is 0.0804. The molecule has 0 atom stereocenters. The molecule has 0 amide bonds. The van der Waals surface area contributed by atoms with Crippen molar-refractivity contribution in [3.8, 4) is 0 Å². The molecule has 6 heavy (non-hydrogen) atoms. The highest BCUT2D eigenvalue weighted by Gasteiger charge is 1.85. The number of hydrogen-bond donors (Lipinski definition) is 1. The molecule has 0 saturated heterocycles. The maximum absolute atomic E-state index is 7.74. The van der Waals surface area contributed by atoms with E-state index in [0.29, 0.717) is 7.69 Å². The van der Waals surface area contributed by atoms with Crippen molar-refractivity contribution < 1.29 is 14.3 Å². The van der Waals surface area contributed by atoms with Crippen LogP contribution in [-0.2, 0) is 9.23 Å². The third-order valence-electron chi connectivity index (χ3n) is 0.213. The normalized spacial score (nSPS) is 7.67. The van der Waals surface area contributed by atoms with Crippen molar-refractivity contribution in [1.82, 2.24) is 0 Å². The monoisotopic (exact) mass is 86.0 g/mol. The Hall–Kier alpha value is 0.00987. The van der Waals surface area contributed by atoms with Gasteiger partial charge in [-0.15, -0.1) is 0 Å². The summed E-state index contributed by atoms with van der Waals surface area (Å²) < 4.78 is 8.31. The summed E-state index contributed by atoms with van der Waals surface area (Å²) in [5.74, 6) is 0. The molecule has 1 N–H and O–H groups in total. The SMILES string of the molecule is CO[B]O[B]O. The second-order valence-electron chi connectivity index (χ2n) is 0.573. The van der Waals surface area contributed by atoms with Crippen LogP contribution in [0.25, 0.3) is 0 Å². The Kier molecular flexibility index (Phi) is 5.02. The van der Waals surface area contributed by atoms with Crippen LogP contribution in [0.15, 0.2) is 0 Å². The quantitative estimate of drug-likeness (QED) is 0.343. The van der Waals surface area contributed by atoms with E-state index in [1.54, 1.807) is 0 Å². The summed E-state index contributed by atoms with van der Waals surface area (Å²) in [4.78, 5) is 0. The van der Waals surface area contributed by atoms with Crippen molar-refractivity contribution in [2.24, 2.45) is 0 Å². The van der Waals surface area contributed by atoms with E-state index in [0.717, 1.165) is 7.69 Å². The van der Waals surface area contributed by atoms with Crippen molar-refractivity contribution in [2.75, 3.05) is 7.11 Å². The molecule has 0 saturated carbocycles. The molecule has 0 aliphatic carbocycles. The zero-order valence-electron chi connectivity index (χ0n) is 3.42. The molecule has 3 nitrogen and oxygen atoms in total. The predicted octanol–water partition coefficient (Wildman–Crippen LogP) is -1.29. The van der Waals surface area contributed by atoms with Crippen LogP contribution < -0.4 is 0 Å². The Morgan fingerprint density at radius 2 is 2.33 bits per heavy atom. The summed E-state index contributed by atoms with van der Waals surface area (Å²) in [6, 6.07) is 0. The summed E-state index contributed by atoms with van der Waals surface area (Å²) in [5, 5.41) is 7.74. The van der Waals surface area contributed by atoms with Gasteiger partial charge in [0.2, 0.25) is 0 Å². The van der Waals surface area contributed by atoms with Gasteiger partial charge in [-0.25, -0.2) is 0 Å². The molecule has 0 spiro atoms. The molecule has 0 rings (SSSR count). The van der Waals surface area contributed by atoms with Crippen LogP contribution in [0.3, 0.4) is 0 Å². The summed E-state index contributed by atoms with van der Waals surface area (Å²) in [7, 11) is 2.95. The lowest BCUT2D eigenvalue weighted by Gasteiger charge is -1.87. The van der Waals surface area contributed by atoms with Crippen molar-refractivity contribution in [1.29, 1.82) is 0 Å². The number of hydrogen-bond acceptors (Lipinski definition) is 3. The van der Waals surface area contributed by atoms with E-state index in [1.807, 2.05) is 0 Å². The first-order valence-electron chi connectivity index (χ1n) is 1.37. The van der Waals surface area contributed by atoms with Gasteiger partial charge in [0.05, 0.1) is 0 Å². The van der Waals surface area contributed by atoms with Crippen LogP contribution in [0.5, 0.6) is 0 Å². The molecule has 0 fully saturated rings. The number of rotatable bonds is 3. The molecule has 0 heterocycles. The molecular formula is CH4B2O3. The van der Waals surface area contributed by atoms with E-state index >= 15 is 0 Å². The first kappa shape index (κ1) is 6.01. The Bertz CT molecular complexity index is 20.8. The van der Waals surface area contributed by atoms with E-state index in [-0.39, 0.29) is 0 Å². The molecule has 0 aliphatic heterocycles. The largest absolute Gasteiger partial charge is 0.472 e. The van der Waals surface area contributed by atoms with Gasteiger partial charge in [-0.3, -0.25) is 0 Å². The van der Waals surface area contributed by atoms with Crippen LogP contribution in [0.2, 0.25) is 0 Å². The predicted molar refractivity (Wildman–Crippen MR) is 21.8 cm³/mol. The van der Waals surface area contributed by atoms with Gasteiger partial charge in [-0.1, -0.05) is 0 Å². The highest BCUT2D eigenvalue weighted by molar-refractivity contribution is 6.33. The van der Waals surface area contributed by atoms with Crippen molar-refractivity contribution >= 4 is 15.4 Å². The lowest BCUT2D eigenvalue weighted by atomic mass is 10.3. The molecule has 5 heteroatoms. The third-order valence-corrected chi connectivity index (χ3v) is 0.213. The van der Waals surface area contributed by atoms with Crippen LogP contribution >= 0.6 is 0 Å². The van der Waals surface area contributed by atoms with Crippen LogP contribution in [0.1, 0.15) is 0 Å². The zero-order valence-corrected chi connectivity index (χ0v) is 3.42. The van der Waals surface area contributed by atoms with Gasteiger partial charge in [0.1, 0.15) is 0 Å². The third kappa shape index (κ3) is 4.01. The standard InChI is InChI=1S/CH4B2O3/c1-5-3-6-2-4/h4H,1H3. The molecule has 32 valence electrons. The highest BCUT2D eigenvalue weighted by Crippen LogP contribution is 1.59. The second kappa shape index (κ2) is 5.01. The van der Waals surface area contributed by atoms with E-state index in [1.165, 1.54) is 7.11 Å². The van der Waals surface area contributed by atoms with Gasteiger partial charge in [0.25, 0.3) is 0 Å². The van der Waals surface area contributed by atoms with E-state index in [4.69, 9.17) is 5.02 Å². The molecular weight excluding hydrogens is 81.6 g/mol. The van der Waals surface area contributed by atoms with Gasteiger partial charge >= 0.3 is 15.4 Å². The lowest BCUT2D eigenvalue weighted by Crippen LogP contribution is -2.04. The van der Waals surface area contributed by atoms with Gasteiger partial charge in [0, 0.05) is 7.11 Å². The van der Waals surface area contributed by atoms with Crippen LogP contribution in [0.4, 0.5) is 0 Å². The van der Waals surface area contributed by atoms with Gasteiger partial charge in [-0.05, 0) is 0 Å². The molecule has 2 radical (unpaired) electrons. The van der Waals surface area contributed by atoms with Gasteiger partial charge in [0.15, 0.2) is 0 Å². The lowest BCUT2D eigenvalue weighted by molar-refractivity contribution is 0.348. The Balaban J connectivity index is 2.34. The molecule has 0 aromatic rings. The Labute approximate surface area is 37.9 Å². The van der Waals surface area contributed by atoms with Gasteiger partial charge in [-0.2, -0.15) is 0 Å². The van der Waals surface area contributed by atoms with Crippen molar-refractivity contribution in [3.05, 3.63) is 0 Å². The maximum atomic E-state index is 7.74. The summed E-state index contributed by atoms with van der Waals surface area (Å²) in [5.41, 5.74) is 0. The van der Waals surface area contributed by atoms with E-state index in [9.17, 15) is 0 Å². The topological polar surface area (TPSA) is 38.7 Å². The van der Waals surface area contributed by atoms with E-state index in [2.05, 4.69) is 9.23 Å². The van der Waals surface area contributed by atoms with Crippen LogP contribution in [-0.4, -0.2) is 27.5 Å². The summed E-state index contributed by atoms with van der Waals surface area (Å²) in [6.07, 6.45) is 0. The molecule has 0 unspecified atom stereocenters. The van der Waals surface area contributed by atoms with Crippen molar-refractivity contribution in [2.45, 2.75) is 0 Å². The average molecular weight is 85.7 g/mol. The first-order valence-corrected chi connectivity index (χ1v) is 1.37. The average Bonchev–Trinajstić information content (AvgIpc) is 1.61. The fourth-order valence-electron chi connectivity index (χ4n) is 0.0804. The fraction of sp³-hybridized carbons (Fsp3) is 1.00. The zero-order chi connectivity index (χ0) is 4.83. The molecule has 0 aromatic heterocycles. The summed E-state index contributed by atoms with van der Waals surface area (Å²) in [6.45, 7) is 0. The molecule has 0 aliphatic rings. The first-order chi connectivity index (χ1) is 2.91. The highest BCUT2D eigenvalue weighted by atomic mass is 16.6. The van der Waals surface area contributed by atoms with E-state index < -0.39 is 0 Å². The van der Waals surface area contributed by atoms with Crippen molar-refractivity contribution in [3.63, 3.8) is 0 Å². The van der Waals surface area contributed by atoms with Gasteiger partial charge < -0.3 is 14.3 Å². The second-order valence-corrected chi connectivity index (χ2v) is 0.573. The minimum absolute atomic E-state index is 0.531. The Morgan fingerprint density at radius 3 is 2.50 bits per heavy atom. The maximum Gasteiger partial charge on any atom is 0.472 e. The minimum atomic E-state index is 0.531. The van der Waals surface area contributed by atoms with Crippen LogP contribution in [0, 0.1) is 0 Å². The molecule has 0 bridgehead atoms. The minimum Gasteiger partial charge on any atom is -0.456 e. The Morgan fingerprint density at radius 1 is 1.67 bits per heavy atom. The molecule has 0 aromatic carbocycles. The smallest absolute Gasteiger partial charge is 0.456 e.